The van der Waals surface area contributed by atoms with Gasteiger partial charge in [-0.05, 0) is 31.2 Å². The number of pyridine rings is 1. The van der Waals surface area contributed by atoms with E-state index in [1.165, 1.54) is 5.56 Å². The van der Waals surface area contributed by atoms with Gasteiger partial charge in [0.15, 0.2) is 0 Å². The normalized spacial score (nSPS) is 10.4. The summed E-state index contributed by atoms with van der Waals surface area (Å²) in [5, 5.41) is 3.43. The molecule has 0 unspecified atom stereocenters. The molecule has 0 spiro atoms. The van der Waals surface area contributed by atoms with Crippen LogP contribution in [0, 0.1) is 0 Å². The van der Waals surface area contributed by atoms with Gasteiger partial charge in [-0.2, -0.15) is 0 Å². The minimum atomic E-state index is 0.816. The molecule has 112 valence electrons. The number of aromatic nitrogens is 1. The predicted octanol–water partition coefficient (Wildman–Crippen LogP) is 3.36. The van der Waals surface area contributed by atoms with Crippen LogP contribution in [-0.4, -0.2) is 25.7 Å². The Bertz CT molecular complexity index is 571. The maximum Gasteiger partial charge on any atom is 0.142 e. The first-order chi connectivity index (χ1) is 10.3. The Morgan fingerprint density at radius 2 is 2.00 bits per heavy atom. The molecule has 1 heterocycles. The number of ether oxygens (including phenoxy) is 1. The molecular weight excluding hydrogens is 262 g/mol. The van der Waals surface area contributed by atoms with Crippen molar-refractivity contribution < 1.29 is 4.74 Å². The summed E-state index contributed by atoms with van der Waals surface area (Å²) in [6.45, 7) is 3.99. The molecule has 0 fully saturated rings. The second kappa shape index (κ2) is 7.64. The molecule has 0 amide bonds. The summed E-state index contributed by atoms with van der Waals surface area (Å²) in [6.07, 6.45) is 2.95. The molecule has 1 aromatic carbocycles. The van der Waals surface area contributed by atoms with Gasteiger partial charge in [-0.15, -0.1) is 0 Å². The van der Waals surface area contributed by atoms with Crippen LogP contribution in [-0.2, 0) is 6.54 Å². The SMILES string of the molecule is CCCNCc1cccnc1N(C)c1ccccc1OC. The van der Waals surface area contributed by atoms with E-state index >= 15 is 0 Å². The van der Waals surface area contributed by atoms with E-state index in [0.29, 0.717) is 0 Å². The summed E-state index contributed by atoms with van der Waals surface area (Å²) in [5.41, 5.74) is 2.19. The molecule has 0 aliphatic rings. The van der Waals surface area contributed by atoms with Crippen LogP contribution >= 0.6 is 0 Å². The van der Waals surface area contributed by atoms with E-state index < -0.39 is 0 Å². The Morgan fingerprint density at radius 1 is 1.19 bits per heavy atom. The number of anilines is 2. The second-order valence-electron chi connectivity index (χ2n) is 4.89. The summed E-state index contributed by atoms with van der Waals surface area (Å²) in [6, 6.07) is 12.1. The maximum absolute atomic E-state index is 5.44. The average molecular weight is 285 g/mol. The molecule has 4 nitrogen and oxygen atoms in total. The molecule has 0 bridgehead atoms. The van der Waals surface area contributed by atoms with E-state index in [0.717, 1.165) is 36.8 Å². The van der Waals surface area contributed by atoms with E-state index in [-0.39, 0.29) is 0 Å². The lowest BCUT2D eigenvalue weighted by atomic mass is 10.2. The summed E-state index contributed by atoms with van der Waals surface area (Å²) in [5.74, 6) is 1.80. The topological polar surface area (TPSA) is 37.4 Å². The Morgan fingerprint density at radius 3 is 2.76 bits per heavy atom. The molecule has 0 atom stereocenters. The van der Waals surface area contributed by atoms with Crippen molar-refractivity contribution in [2.24, 2.45) is 0 Å². The van der Waals surface area contributed by atoms with Crippen LogP contribution in [0.4, 0.5) is 11.5 Å². The minimum absolute atomic E-state index is 0.816. The smallest absolute Gasteiger partial charge is 0.142 e. The fraction of sp³-hybridized carbons (Fsp3) is 0.353. The highest BCUT2D eigenvalue weighted by atomic mass is 16.5. The number of benzene rings is 1. The van der Waals surface area contributed by atoms with Gasteiger partial charge in [0.05, 0.1) is 12.8 Å². The van der Waals surface area contributed by atoms with Crippen molar-refractivity contribution in [3.63, 3.8) is 0 Å². The van der Waals surface area contributed by atoms with E-state index in [1.54, 1.807) is 7.11 Å². The number of para-hydroxylation sites is 2. The lowest BCUT2D eigenvalue weighted by Gasteiger charge is -2.23. The Kier molecular flexibility index (Phi) is 5.58. The van der Waals surface area contributed by atoms with Crippen molar-refractivity contribution in [3.05, 3.63) is 48.2 Å². The first-order valence-electron chi connectivity index (χ1n) is 7.29. The molecule has 4 heteroatoms. The largest absolute Gasteiger partial charge is 0.495 e. The van der Waals surface area contributed by atoms with E-state index in [4.69, 9.17) is 4.74 Å². The standard InChI is InChI=1S/C17H23N3O/c1-4-11-18-13-14-8-7-12-19-17(14)20(2)15-9-5-6-10-16(15)21-3/h5-10,12,18H,4,11,13H2,1-3H3. The molecule has 0 radical (unpaired) electrons. The lowest BCUT2D eigenvalue weighted by molar-refractivity contribution is 0.415. The Hall–Kier alpha value is -2.07. The third-order valence-corrected chi connectivity index (χ3v) is 3.37. The summed E-state index contributed by atoms with van der Waals surface area (Å²) in [4.78, 5) is 6.61. The van der Waals surface area contributed by atoms with Crippen LogP contribution in [0.15, 0.2) is 42.6 Å². The molecule has 1 aromatic heterocycles. The summed E-state index contributed by atoms with van der Waals surface area (Å²) in [7, 11) is 3.71. The highest BCUT2D eigenvalue weighted by Gasteiger charge is 2.13. The third-order valence-electron chi connectivity index (χ3n) is 3.37. The number of nitrogens with one attached hydrogen (secondary N) is 1. The van der Waals surface area contributed by atoms with Crippen molar-refractivity contribution in [2.45, 2.75) is 19.9 Å². The van der Waals surface area contributed by atoms with Crippen LogP contribution in [0.25, 0.3) is 0 Å². The highest BCUT2D eigenvalue weighted by Crippen LogP contribution is 2.32. The molecule has 2 rings (SSSR count). The molecule has 2 aromatic rings. The highest BCUT2D eigenvalue weighted by molar-refractivity contribution is 5.68. The zero-order valence-electron chi connectivity index (χ0n) is 13.0. The Labute approximate surface area is 126 Å². The molecule has 0 aliphatic carbocycles. The lowest BCUT2D eigenvalue weighted by Crippen LogP contribution is -2.19. The van der Waals surface area contributed by atoms with Gasteiger partial charge >= 0.3 is 0 Å². The van der Waals surface area contributed by atoms with Crippen molar-refractivity contribution in [3.8, 4) is 5.75 Å². The fourth-order valence-electron chi connectivity index (χ4n) is 2.29. The quantitative estimate of drug-likeness (QED) is 0.792. The maximum atomic E-state index is 5.44. The van der Waals surface area contributed by atoms with Crippen LogP contribution in [0.2, 0.25) is 0 Å². The molecule has 0 saturated carbocycles. The number of methoxy groups -OCH3 is 1. The van der Waals surface area contributed by atoms with E-state index in [1.807, 2.05) is 43.6 Å². The summed E-state index contributed by atoms with van der Waals surface area (Å²) < 4.78 is 5.44. The van der Waals surface area contributed by atoms with Crippen molar-refractivity contribution in [2.75, 3.05) is 25.6 Å². The fourth-order valence-corrected chi connectivity index (χ4v) is 2.29. The molecule has 1 N–H and O–H groups in total. The number of rotatable bonds is 7. The molecule has 0 aliphatic heterocycles. The van der Waals surface area contributed by atoms with Crippen LogP contribution in [0.5, 0.6) is 5.75 Å². The molecule has 21 heavy (non-hydrogen) atoms. The van der Waals surface area contributed by atoms with Crippen molar-refractivity contribution in [1.29, 1.82) is 0 Å². The minimum Gasteiger partial charge on any atom is -0.495 e. The number of nitrogens with zero attached hydrogens (tertiary/aromatic N) is 2. The number of hydrogen-bond donors (Lipinski definition) is 1. The first-order valence-corrected chi connectivity index (χ1v) is 7.29. The van der Waals surface area contributed by atoms with Crippen LogP contribution in [0.3, 0.4) is 0 Å². The van der Waals surface area contributed by atoms with E-state index in [2.05, 4.69) is 28.2 Å². The first kappa shape index (κ1) is 15.3. The summed E-state index contributed by atoms with van der Waals surface area (Å²) >= 11 is 0. The van der Waals surface area contributed by atoms with Gasteiger partial charge in [0.2, 0.25) is 0 Å². The van der Waals surface area contributed by atoms with Gasteiger partial charge in [0.25, 0.3) is 0 Å². The zero-order valence-corrected chi connectivity index (χ0v) is 13.0. The van der Waals surface area contributed by atoms with Gasteiger partial charge in [-0.1, -0.05) is 25.1 Å². The van der Waals surface area contributed by atoms with Crippen LogP contribution in [0.1, 0.15) is 18.9 Å². The van der Waals surface area contributed by atoms with Gasteiger partial charge in [-0.25, -0.2) is 4.98 Å². The number of hydrogen-bond acceptors (Lipinski definition) is 4. The Balaban J connectivity index is 2.28. The van der Waals surface area contributed by atoms with Gasteiger partial charge < -0.3 is 15.0 Å². The predicted molar refractivity (Wildman–Crippen MR) is 87.3 cm³/mol. The second-order valence-corrected chi connectivity index (χ2v) is 4.89. The molecular formula is C17H23N3O. The van der Waals surface area contributed by atoms with Crippen molar-refractivity contribution in [1.82, 2.24) is 10.3 Å². The molecule has 0 saturated heterocycles. The van der Waals surface area contributed by atoms with Gasteiger partial charge in [0, 0.05) is 25.4 Å². The van der Waals surface area contributed by atoms with Gasteiger partial charge in [-0.3, -0.25) is 0 Å². The van der Waals surface area contributed by atoms with E-state index in [9.17, 15) is 0 Å². The third kappa shape index (κ3) is 3.73. The van der Waals surface area contributed by atoms with Crippen molar-refractivity contribution >= 4 is 11.5 Å². The zero-order chi connectivity index (χ0) is 15.1. The van der Waals surface area contributed by atoms with Gasteiger partial charge in [0.1, 0.15) is 11.6 Å². The monoisotopic (exact) mass is 285 g/mol. The van der Waals surface area contributed by atoms with Crippen LogP contribution < -0.4 is 15.0 Å². The average Bonchev–Trinajstić information content (AvgIpc) is 2.55.